The molecule has 0 atom stereocenters. The van der Waals surface area contributed by atoms with Crippen molar-refractivity contribution in [3.05, 3.63) is 327 Å². The molecule has 0 aliphatic rings. The predicted octanol–water partition coefficient (Wildman–Crippen LogP) is 15.9. The molecule has 0 bridgehead atoms. The van der Waals surface area contributed by atoms with Crippen molar-refractivity contribution in [3.8, 4) is 34.1 Å². The van der Waals surface area contributed by atoms with E-state index in [1.807, 2.05) is 36.4 Å². The van der Waals surface area contributed by atoms with Crippen molar-refractivity contribution < 1.29 is 44.8 Å². The number of hydrogen-bond donors (Lipinski definition) is 0. The van der Waals surface area contributed by atoms with Crippen LogP contribution in [0.3, 0.4) is 0 Å². The molecule has 378 valence electrons. The molecule has 13 aromatic carbocycles. The van der Waals surface area contributed by atoms with Crippen molar-refractivity contribution in [2.24, 2.45) is 0 Å². The molecule has 0 saturated carbocycles. The van der Waals surface area contributed by atoms with Crippen molar-refractivity contribution in [2.75, 3.05) is 0 Å². The van der Waals surface area contributed by atoms with Gasteiger partial charge < -0.3 is 12.8 Å². The smallest absolute Gasteiger partial charge is 0.366 e. The average molecular weight is 1220 g/mol. The zero-order valence-electron chi connectivity index (χ0n) is 42.5. The molecule has 0 heterocycles. The molecule has 0 spiro atoms. The van der Waals surface area contributed by atoms with Gasteiger partial charge in [0.1, 0.15) is 47.7 Å². The SMILES string of the molecule is [Ag+].[Ag+].[C-]#Cc1c2ccccc2c(-c2ccccc2)c2ccccc12.[C-]#Cc1c2ccccc2c(-c2ccccc2)c2ccccc12.c1ccc([PH+](c2ccccc2)c2ccccc2[PH+](c2ccccc2)c2ccccc2)cc1. The summed E-state index contributed by atoms with van der Waals surface area (Å²) in [6.07, 6.45) is 15.5. The van der Waals surface area contributed by atoms with Gasteiger partial charge in [-0.15, -0.1) is 11.1 Å². The van der Waals surface area contributed by atoms with E-state index in [0.717, 1.165) is 32.7 Å². The maximum atomic E-state index is 7.73. The second-order valence-corrected chi connectivity index (χ2v) is 23.3. The van der Waals surface area contributed by atoms with Crippen molar-refractivity contribution in [2.45, 2.75) is 0 Å². The quantitative estimate of drug-likeness (QED) is 0.0468. The molecule has 0 N–H and O–H groups in total. The summed E-state index contributed by atoms with van der Waals surface area (Å²) in [5.41, 5.74) is 6.59. The second-order valence-electron chi connectivity index (χ2n) is 18.4. The second kappa shape index (κ2) is 26.6. The third-order valence-electron chi connectivity index (χ3n) is 14.0. The summed E-state index contributed by atoms with van der Waals surface area (Å²) in [6.45, 7) is 0. The Labute approximate surface area is 492 Å². The van der Waals surface area contributed by atoms with Gasteiger partial charge in [-0.3, -0.25) is 11.8 Å². The molecule has 0 aliphatic heterocycles. The first-order valence-electron chi connectivity index (χ1n) is 25.6. The molecule has 0 radical (unpaired) electrons. The van der Waals surface area contributed by atoms with Crippen molar-refractivity contribution >= 4 is 90.8 Å². The number of fused-ring (bicyclic) bond motifs is 4. The van der Waals surface area contributed by atoms with E-state index in [-0.39, 0.29) is 44.8 Å². The fourth-order valence-corrected chi connectivity index (χ4v) is 16.6. The van der Waals surface area contributed by atoms with Crippen LogP contribution in [0.2, 0.25) is 0 Å². The summed E-state index contributed by atoms with van der Waals surface area (Å²) >= 11 is 0. The minimum Gasteiger partial charge on any atom is -0.366 e. The van der Waals surface area contributed by atoms with Gasteiger partial charge in [-0.25, -0.2) is 0 Å². The summed E-state index contributed by atoms with van der Waals surface area (Å²) in [7, 11) is -2.28. The third kappa shape index (κ3) is 11.6. The van der Waals surface area contributed by atoms with Gasteiger partial charge in [0.15, 0.2) is 0 Å². The van der Waals surface area contributed by atoms with Crippen LogP contribution in [0.4, 0.5) is 0 Å². The Morgan fingerprint density at radius 3 is 0.641 bits per heavy atom. The zero-order valence-corrected chi connectivity index (χ0v) is 47.4. The van der Waals surface area contributed by atoms with Gasteiger partial charge in [-0.1, -0.05) is 264 Å². The number of hydrogen-bond acceptors (Lipinski definition) is 0. The molecule has 13 aromatic rings. The molecule has 0 saturated heterocycles. The van der Waals surface area contributed by atoms with E-state index in [2.05, 4.69) is 279 Å². The van der Waals surface area contributed by atoms with Crippen molar-refractivity contribution in [1.29, 1.82) is 0 Å². The molecule has 0 amide bonds. The molecule has 0 aliphatic carbocycles. The summed E-state index contributed by atoms with van der Waals surface area (Å²) in [5.74, 6) is 5.28. The van der Waals surface area contributed by atoms with E-state index in [1.54, 1.807) is 0 Å². The van der Waals surface area contributed by atoms with E-state index in [4.69, 9.17) is 12.8 Å². The molecule has 0 fully saturated rings. The molecule has 0 unspecified atom stereocenters. The van der Waals surface area contributed by atoms with E-state index in [0.29, 0.717) is 0 Å². The largest absolute Gasteiger partial charge is 1.00 e. The maximum Gasteiger partial charge on any atom is 1.00 e. The van der Waals surface area contributed by atoms with E-state index in [9.17, 15) is 0 Å². The molecule has 0 nitrogen and oxygen atoms in total. The van der Waals surface area contributed by atoms with Gasteiger partial charge in [-0.05, 0) is 104 Å². The molecule has 4 heteroatoms. The van der Waals surface area contributed by atoms with Crippen molar-refractivity contribution in [1.82, 2.24) is 0 Å². The van der Waals surface area contributed by atoms with Gasteiger partial charge in [0.2, 0.25) is 0 Å². The summed E-state index contributed by atoms with van der Waals surface area (Å²) in [4.78, 5) is 0. The third-order valence-corrected chi connectivity index (χ3v) is 19.8. The van der Waals surface area contributed by atoms with Gasteiger partial charge in [0.05, 0.1) is 0 Å². The van der Waals surface area contributed by atoms with Crippen LogP contribution in [0.5, 0.6) is 0 Å². The monoisotopic (exact) mass is 1220 g/mol. The molecule has 78 heavy (non-hydrogen) atoms. The Kier molecular flexibility index (Phi) is 18.8. The standard InChI is InChI=1S/C30H24P2.2C22H13.2Ag/c1-5-15-25(16-6-1)31(26-17-7-2-8-18-26)29-23-13-14-24-30(29)32(27-19-9-3-10-20-27)28-21-11-4-12-22-28;2*1-2-17-18-12-6-8-14-20(18)22(16-10-4-3-5-11-16)21-15-9-7-13-19(17)21;;/h1-24H;2*3-15H;;/q;2*-1;2*+1/p+2. The molecular weight excluding hydrogens is 1170 g/mol. The predicted molar refractivity (Wildman–Crippen MR) is 333 cm³/mol. The minimum absolute atomic E-state index is 0. The molecule has 13 rings (SSSR count). The van der Waals surface area contributed by atoms with Crippen LogP contribution in [0.25, 0.3) is 65.3 Å². The Hall–Kier alpha value is -7.64. The topological polar surface area (TPSA) is 0 Å². The maximum absolute atomic E-state index is 7.73. The summed E-state index contributed by atoms with van der Waals surface area (Å²) in [5, 5.41) is 17.7. The van der Waals surface area contributed by atoms with Crippen LogP contribution < -0.4 is 31.8 Å². The van der Waals surface area contributed by atoms with Gasteiger partial charge in [0.25, 0.3) is 0 Å². The first-order chi connectivity index (χ1) is 37.7. The molecular formula is C74H52Ag2P2+2. The normalized spacial score (nSPS) is 10.6. The van der Waals surface area contributed by atoms with Crippen LogP contribution in [-0.4, -0.2) is 0 Å². The van der Waals surface area contributed by atoms with E-state index >= 15 is 0 Å². The first kappa shape index (κ1) is 55.1. The molecule has 0 aromatic heterocycles. The Morgan fingerprint density at radius 1 is 0.218 bits per heavy atom. The van der Waals surface area contributed by atoms with Crippen LogP contribution in [-0.2, 0) is 44.8 Å². The zero-order chi connectivity index (χ0) is 51.5. The van der Waals surface area contributed by atoms with Crippen LogP contribution in [0, 0.1) is 24.7 Å². The Balaban J connectivity index is 0.000000144. The average Bonchev–Trinajstić information content (AvgIpc) is 3.64. The fraction of sp³-hybridized carbons (Fsp3) is 0. The van der Waals surface area contributed by atoms with Gasteiger partial charge in [-0.2, -0.15) is 0 Å². The Morgan fingerprint density at radius 2 is 0.410 bits per heavy atom. The van der Waals surface area contributed by atoms with Crippen LogP contribution in [0.15, 0.2) is 303 Å². The summed E-state index contributed by atoms with van der Waals surface area (Å²) < 4.78 is 0. The van der Waals surface area contributed by atoms with Crippen LogP contribution >= 0.6 is 15.8 Å². The van der Waals surface area contributed by atoms with E-state index in [1.165, 1.54) is 75.6 Å². The van der Waals surface area contributed by atoms with Gasteiger partial charge >= 0.3 is 44.8 Å². The number of rotatable bonds is 8. The van der Waals surface area contributed by atoms with Crippen molar-refractivity contribution in [3.63, 3.8) is 0 Å². The number of benzene rings is 13. The van der Waals surface area contributed by atoms with E-state index < -0.39 is 15.8 Å². The van der Waals surface area contributed by atoms with Crippen LogP contribution in [0.1, 0.15) is 11.1 Å². The van der Waals surface area contributed by atoms with Gasteiger partial charge in [0, 0.05) is 0 Å². The Bertz CT molecular complexity index is 3710. The first-order valence-corrected chi connectivity index (χ1v) is 28.6. The summed E-state index contributed by atoms with van der Waals surface area (Å²) in [6, 6.07) is 107. The minimum atomic E-state index is -1.14. The fourth-order valence-electron chi connectivity index (χ4n) is 10.7.